The molecule has 0 spiro atoms. The Hall–Kier alpha value is -2.11. The molecule has 0 aliphatic rings. The summed E-state index contributed by atoms with van der Waals surface area (Å²) in [5.41, 5.74) is 1.78. The standard InChI is InChI=1S/C45H82O6/c1-5-9-13-17-21-23-27-31-35-39-40(36-32-28-24-22-18-14-10-6-2)43(49-37-33-29-25-19-15-11-7-3)44(41(46)42(39)51-45(47)48)50-38-34-30-26-20-16-12-8-4/h46H,5-38H2,1-4H3,(H,47,48). The van der Waals surface area contributed by atoms with Crippen LogP contribution in [-0.4, -0.2) is 29.6 Å². The fraction of sp³-hybridized carbons (Fsp3) is 0.844. The first-order valence-corrected chi connectivity index (χ1v) is 22.1. The number of hydrogen-bond acceptors (Lipinski definition) is 5. The topological polar surface area (TPSA) is 85.2 Å². The molecule has 6 nitrogen and oxygen atoms in total. The highest BCUT2D eigenvalue weighted by Gasteiger charge is 2.28. The summed E-state index contributed by atoms with van der Waals surface area (Å²) in [6.45, 7) is 10.00. The molecule has 0 bridgehead atoms. The van der Waals surface area contributed by atoms with Crippen molar-refractivity contribution in [2.24, 2.45) is 0 Å². The van der Waals surface area contributed by atoms with E-state index in [1.165, 1.54) is 141 Å². The zero-order valence-electron chi connectivity index (χ0n) is 34.1. The van der Waals surface area contributed by atoms with E-state index in [9.17, 15) is 15.0 Å². The zero-order valence-corrected chi connectivity index (χ0v) is 34.1. The van der Waals surface area contributed by atoms with Crippen LogP contribution in [0.5, 0.6) is 23.0 Å². The van der Waals surface area contributed by atoms with Gasteiger partial charge in [0.15, 0.2) is 11.5 Å². The summed E-state index contributed by atoms with van der Waals surface area (Å²) in [4.78, 5) is 12.0. The van der Waals surface area contributed by atoms with Gasteiger partial charge in [-0.15, -0.1) is 0 Å². The average Bonchev–Trinajstić information content (AvgIpc) is 3.12. The maximum atomic E-state index is 12.0. The van der Waals surface area contributed by atoms with Crippen molar-refractivity contribution in [1.29, 1.82) is 0 Å². The monoisotopic (exact) mass is 719 g/mol. The molecule has 51 heavy (non-hydrogen) atoms. The van der Waals surface area contributed by atoms with E-state index in [0.717, 1.165) is 68.9 Å². The predicted molar refractivity (Wildman–Crippen MR) is 216 cm³/mol. The highest BCUT2D eigenvalue weighted by Crippen LogP contribution is 2.50. The lowest BCUT2D eigenvalue weighted by molar-refractivity contribution is 0.141. The Labute approximate surface area is 315 Å². The van der Waals surface area contributed by atoms with Crippen LogP contribution in [0.2, 0.25) is 0 Å². The molecule has 0 aliphatic carbocycles. The lowest BCUT2D eigenvalue weighted by Gasteiger charge is -2.23. The van der Waals surface area contributed by atoms with Crippen molar-refractivity contribution in [2.45, 2.75) is 233 Å². The van der Waals surface area contributed by atoms with Gasteiger partial charge in [0, 0.05) is 11.1 Å². The van der Waals surface area contributed by atoms with Gasteiger partial charge in [-0.1, -0.05) is 195 Å². The SMILES string of the molecule is CCCCCCCCCCc1c(CCCCCCCCCC)c(OCCCCCCCCC)c(OCCCCCCCCC)c(O)c1OC(=O)O. The largest absolute Gasteiger partial charge is 0.511 e. The van der Waals surface area contributed by atoms with Gasteiger partial charge in [0.1, 0.15) is 0 Å². The molecule has 0 heterocycles. The van der Waals surface area contributed by atoms with E-state index in [4.69, 9.17) is 14.2 Å². The Morgan fingerprint density at radius 3 is 1.06 bits per heavy atom. The van der Waals surface area contributed by atoms with Crippen molar-refractivity contribution in [3.8, 4) is 23.0 Å². The number of phenolic OH excluding ortho intramolecular Hbond substituents is 1. The van der Waals surface area contributed by atoms with Crippen molar-refractivity contribution in [3.63, 3.8) is 0 Å². The summed E-state index contributed by atoms with van der Waals surface area (Å²) < 4.78 is 18.4. The Kier molecular flexibility index (Phi) is 31.0. The van der Waals surface area contributed by atoms with Crippen molar-refractivity contribution in [3.05, 3.63) is 11.1 Å². The molecule has 0 aliphatic heterocycles. The quantitative estimate of drug-likeness (QED) is 0.0405. The summed E-state index contributed by atoms with van der Waals surface area (Å²) in [6.07, 6.45) is 35.7. The number of unbranched alkanes of at least 4 members (excludes halogenated alkanes) is 26. The van der Waals surface area contributed by atoms with Crippen LogP contribution >= 0.6 is 0 Å². The third-order valence-corrected chi connectivity index (χ3v) is 10.3. The minimum Gasteiger partial charge on any atom is -0.502 e. The van der Waals surface area contributed by atoms with Crippen LogP contribution in [0.3, 0.4) is 0 Å². The molecule has 0 saturated carbocycles. The van der Waals surface area contributed by atoms with Gasteiger partial charge in [-0.25, -0.2) is 4.79 Å². The fourth-order valence-corrected chi connectivity index (χ4v) is 7.12. The Morgan fingerprint density at radius 2 is 0.706 bits per heavy atom. The Balaban J connectivity index is 3.29. The Morgan fingerprint density at radius 1 is 0.412 bits per heavy atom. The van der Waals surface area contributed by atoms with E-state index in [2.05, 4.69) is 27.7 Å². The molecule has 0 atom stereocenters. The molecule has 6 heteroatoms. The summed E-state index contributed by atoms with van der Waals surface area (Å²) >= 11 is 0. The lowest BCUT2D eigenvalue weighted by atomic mass is 9.93. The number of hydrogen-bond donors (Lipinski definition) is 2. The molecule has 1 aromatic carbocycles. The molecule has 1 aromatic rings. The summed E-state index contributed by atoms with van der Waals surface area (Å²) in [6, 6.07) is 0. The molecule has 1 rings (SSSR count). The van der Waals surface area contributed by atoms with E-state index in [-0.39, 0.29) is 17.2 Å². The van der Waals surface area contributed by atoms with Gasteiger partial charge in [0.05, 0.1) is 13.2 Å². The summed E-state index contributed by atoms with van der Waals surface area (Å²) in [5, 5.41) is 21.5. The Bertz CT molecular complexity index is 961. The minimum atomic E-state index is -1.41. The maximum absolute atomic E-state index is 12.0. The van der Waals surface area contributed by atoms with Crippen LogP contribution in [0.25, 0.3) is 0 Å². The van der Waals surface area contributed by atoms with Gasteiger partial charge in [-0.2, -0.15) is 0 Å². The van der Waals surface area contributed by atoms with E-state index in [1.807, 2.05) is 0 Å². The number of carboxylic acid groups (broad SMARTS) is 1. The normalized spacial score (nSPS) is 11.3. The van der Waals surface area contributed by atoms with E-state index in [1.54, 1.807) is 0 Å². The highest BCUT2D eigenvalue weighted by molar-refractivity contribution is 5.71. The van der Waals surface area contributed by atoms with Gasteiger partial charge < -0.3 is 24.4 Å². The third kappa shape index (κ3) is 23.2. The first kappa shape index (κ1) is 46.9. The average molecular weight is 719 g/mol. The third-order valence-electron chi connectivity index (χ3n) is 10.3. The van der Waals surface area contributed by atoms with Crippen molar-refractivity contribution >= 4 is 6.16 Å². The lowest BCUT2D eigenvalue weighted by Crippen LogP contribution is -2.12. The van der Waals surface area contributed by atoms with Gasteiger partial charge in [0.25, 0.3) is 0 Å². The molecule has 0 saturated heterocycles. The predicted octanol–water partition coefficient (Wildman–Crippen LogP) is 15.1. The molecule has 0 amide bonds. The number of benzene rings is 1. The van der Waals surface area contributed by atoms with Crippen LogP contribution in [0.4, 0.5) is 4.79 Å². The number of ether oxygens (including phenoxy) is 3. The first-order valence-electron chi connectivity index (χ1n) is 22.1. The summed E-state index contributed by atoms with van der Waals surface area (Å²) in [5.74, 6) is 0.730. The zero-order chi connectivity index (χ0) is 37.2. The van der Waals surface area contributed by atoms with Gasteiger partial charge >= 0.3 is 6.16 Å². The molecule has 0 unspecified atom stereocenters. The first-order chi connectivity index (χ1) is 25.0. The molecule has 0 fully saturated rings. The van der Waals surface area contributed by atoms with Crippen LogP contribution in [0, 0.1) is 0 Å². The number of aromatic hydroxyl groups is 1. The number of rotatable bonds is 37. The van der Waals surface area contributed by atoms with Gasteiger partial charge in [-0.3, -0.25) is 0 Å². The highest BCUT2D eigenvalue weighted by atomic mass is 16.7. The second kappa shape index (κ2) is 33.7. The molecule has 298 valence electrons. The maximum Gasteiger partial charge on any atom is 0.511 e. The number of carbonyl (C=O) groups is 1. The van der Waals surface area contributed by atoms with E-state index in [0.29, 0.717) is 25.4 Å². The van der Waals surface area contributed by atoms with E-state index < -0.39 is 6.16 Å². The minimum absolute atomic E-state index is 0.0536. The van der Waals surface area contributed by atoms with E-state index >= 15 is 0 Å². The van der Waals surface area contributed by atoms with Crippen LogP contribution in [0.1, 0.15) is 231 Å². The second-order valence-corrected chi connectivity index (χ2v) is 15.1. The van der Waals surface area contributed by atoms with Crippen LogP contribution in [-0.2, 0) is 12.8 Å². The molecular weight excluding hydrogens is 636 g/mol. The molecule has 2 N–H and O–H groups in total. The summed E-state index contributed by atoms with van der Waals surface area (Å²) in [7, 11) is 0. The van der Waals surface area contributed by atoms with Crippen molar-refractivity contribution in [2.75, 3.05) is 13.2 Å². The molecular formula is C45H82O6. The smallest absolute Gasteiger partial charge is 0.502 e. The van der Waals surface area contributed by atoms with Gasteiger partial charge in [-0.05, 0) is 38.5 Å². The number of phenols is 1. The fourth-order valence-electron chi connectivity index (χ4n) is 7.12. The van der Waals surface area contributed by atoms with Crippen molar-refractivity contribution in [1.82, 2.24) is 0 Å². The van der Waals surface area contributed by atoms with Gasteiger partial charge in [0.2, 0.25) is 11.5 Å². The van der Waals surface area contributed by atoms with Crippen LogP contribution in [0.15, 0.2) is 0 Å². The molecule has 0 radical (unpaired) electrons. The molecule has 0 aromatic heterocycles. The second-order valence-electron chi connectivity index (χ2n) is 15.1. The van der Waals surface area contributed by atoms with Crippen LogP contribution < -0.4 is 14.2 Å². The van der Waals surface area contributed by atoms with Crippen molar-refractivity contribution < 1.29 is 29.2 Å².